The Bertz CT molecular complexity index is 1230. The number of nitrogens with zero attached hydrogens (tertiary/aromatic N) is 5. The van der Waals surface area contributed by atoms with Crippen molar-refractivity contribution in [2.45, 2.75) is 77.4 Å². The molecular formula is C32H44N6O2. The van der Waals surface area contributed by atoms with Crippen molar-refractivity contribution in [3.05, 3.63) is 47.9 Å². The molecule has 1 saturated carbocycles. The van der Waals surface area contributed by atoms with Crippen LogP contribution in [0.4, 0.5) is 17.2 Å². The Kier molecular flexibility index (Phi) is 7.96. The van der Waals surface area contributed by atoms with Crippen LogP contribution >= 0.6 is 0 Å². The minimum absolute atomic E-state index is 0.0421. The molecule has 0 unspecified atom stereocenters. The summed E-state index contributed by atoms with van der Waals surface area (Å²) in [5.74, 6) is 3.09. The summed E-state index contributed by atoms with van der Waals surface area (Å²) in [5.41, 5.74) is 5.43. The molecule has 0 aromatic carbocycles. The third kappa shape index (κ3) is 5.42. The van der Waals surface area contributed by atoms with Crippen molar-refractivity contribution < 1.29 is 9.53 Å². The minimum Gasteiger partial charge on any atom is -0.485 e. The van der Waals surface area contributed by atoms with Gasteiger partial charge in [-0.3, -0.25) is 14.7 Å². The molecule has 0 atom stereocenters. The lowest BCUT2D eigenvalue weighted by molar-refractivity contribution is -0.133. The normalized spacial score (nSPS) is 19.8. The van der Waals surface area contributed by atoms with Gasteiger partial charge in [-0.15, -0.1) is 0 Å². The molecule has 0 spiro atoms. The molecule has 214 valence electrons. The first kappa shape index (κ1) is 27.1. The molecule has 1 amide bonds. The molecule has 0 radical (unpaired) electrons. The lowest BCUT2D eigenvalue weighted by Gasteiger charge is -2.47. The highest BCUT2D eigenvalue weighted by molar-refractivity contribution is 5.87. The van der Waals surface area contributed by atoms with E-state index in [1.54, 1.807) is 0 Å². The Morgan fingerprint density at radius 2 is 2.02 bits per heavy atom. The van der Waals surface area contributed by atoms with Crippen LogP contribution in [0.15, 0.2) is 31.0 Å². The molecule has 5 heterocycles. The third-order valence-electron chi connectivity index (χ3n) is 9.49. The summed E-state index contributed by atoms with van der Waals surface area (Å²) in [6.07, 6.45) is 12.1. The van der Waals surface area contributed by atoms with E-state index in [2.05, 4.69) is 47.7 Å². The van der Waals surface area contributed by atoms with Crippen LogP contribution in [0.1, 0.15) is 74.7 Å². The maximum Gasteiger partial charge on any atom is 0.246 e. The van der Waals surface area contributed by atoms with Crippen LogP contribution in [0.5, 0.6) is 5.75 Å². The minimum atomic E-state index is 0.0421. The molecule has 8 heteroatoms. The van der Waals surface area contributed by atoms with Crippen LogP contribution in [0.3, 0.4) is 0 Å². The lowest BCUT2D eigenvalue weighted by Crippen LogP contribution is -2.61. The van der Waals surface area contributed by atoms with Gasteiger partial charge in [-0.05, 0) is 69.8 Å². The zero-order chi connectivity index (χ0) is 27.6. The Labute approximate surface area is 238 Å². The second-order valence-electron chi connectivity index (χ2n) is 12.1. The summed E-state index contributed by atoms with van der Waals surface area (Å²) >= 11 is 0. The summed E-state index contributed by atoms with van der Waals surface area (Å²) in [6.45, 7) is 14.3. The van der Waals surface area contributed by atoms with Gasteiger partial charge in [-0.1, -0.05) is 32.8 Å². The van der Waals surface area contributed by atoms with E-state index in [1.165, 1.54) is 37.4 Å². The highest BCUT2D eigenvalue weighted by Crippen LogP contribution is 2.41. The molecule has 40 heavy (non-hydrogen) atoms. The van der Waals surface area contributed by atoms with Crippen molar-refractivity contribution in [2.24, 2.45) is 5.92 Å². The quantitative estimate of drug-likeness (QED) is 0.424. The van der Waals surface area contributed by atoms with Crippen LogP contribution in [0.25, 0.3) is 0 Å². The van der Waals surface area contributed by atoms with E-state index in [0.717, 1.165) is 98.7 Å². The van der Waals surface area contributed by atoms with E-state index in [4.69, 9.17) is 14.7 Å². The number of fused-ring (bicyclic) bond motifs is 2. The van der Waals surface area contributed by atoms with E-state index in [9.17, 15) is 4.79 Å². The van der Waals surface area contributed by atoms with Crippen molar-refractivity contribution in [2.75, 3.05) is 49.5 Å². The van der Waals surface area contributed by atoms with Gasteiger partial charge in [0.15, 0.2) is 5.75 Å². The van der Waals surface area contributed by atoms with Gasteiger partial charge in [0.25, 0.3) is 0 Å². The molecular weight excluding hydrogens is 500 g/mol. The Balaban J connectivity index is 1.15. The third-order valence-corrected chi connectivity index (χ3v) is 9.49. The van der Waals surface area contributed by atoms with Gasteiger partial charge >= 0.3 is 0 Å². The zero-order valence-electron chi connectivity index (χ0n) is 24.2. The molecule has 4 aliphatic rings. The van der Waals surface area contributed by atoms with Crippen molar-refractivity contribution in [1.82, 2.24) is 19.8 Å². The fourth-order valence-electron chi connectivity index (χ4n) is 6.77. The summed E-state index contributed by atoms with van der Waals surface area (Å²) in [7, 11) is 0. The number of aryl methyl sites for hydroxylation is 1. The second kappa shape index (κ2) is 11.8. The van der Waals surface area contributed by atoms with Crippen molar-refractivity contribution in [3.8, 4) is 5.75 Å². The van der Waals surface area contributed by atoms with Crippen LogP contribution < -0.4 is 15.0 Å². The first-order valence-corrected chi connectivity index (χ1v) is 15.3. The topological polar surface area (TPSA) is 73.8 Å². The van der Waals surface area contributed by atoms with E-state index in [1.807, 2.05) is 11.1 Å². The monoisotopic (exact) mass is 544 g/mol. The maximum atomic E-state index is 11.8. The van der Waals surface area contributed by atoms with E-state index in [-0.39, 0.29) is 5.91 Å². The average Bonchev–Trinajstić information content (AvgIpc) is 3.10. The smallest absolute Gasteiger partial charge is 0.246 e. The van der Waals surface area contributed by atoms with Gasteiger partial charge in [0, 0.05) is 55.7 Å². The van der Waals surface area contributed by atoms with Gasteiger partial charge in [0.2, 0.25) is 5.91 Å². The number of ether oxygens (including phenoxy) is 1. The molecule has 0 bridgehead atoms. The van der Waals surface area contributed by atoms with Crippen LogP contribution in [-0.4, -0.2) is 71.0 Å². The summed E-state index contributed by atoms with van der Waals surface area (Å²) in [6, 6.07) is 4.83. The molecule has 6 rings (SSSR count). The highest BCUT2D eigenvalue weighted by atomic mass is 16.5. The summed E-state index contributed by atoms with van der Waals surface area (Å²) < 4.78 is 6.45. The molecule has 3 fully saturated rings. The zero-order valence-corrected chi connectivity index (χ0v) is 24.2. The molecule has 1 N–H and O–H groups in total. The number of amides is 1. The first-order chi connectivity index (χ1) is 19.5. The van der Waals surface area contributed by atoms with Gasteiger partial charge in [-0.25, -0.2) is 4.98 Å². The van der Waals surface area contributed by atoms with Gasteiger partial charge in [0.1, 0.15) is 12.4 Å². The van der Waals surface area contributed by atoms with Crippen LogP contribution in [0, 0.1) is 12.8 Å². The van der Waals surface area contributed by atoms with E-state index >= 15 is 0 Å². The fraction of sp³-hybridized carbons (Fsp3) is 0.594. The predicted octanol–water partition coefficient (Wildman–Crippen LogP) is 5.40. The van der Waals surface area contributed by atoms with Gasteiger partial charge in [0.05, 0.1) is 16.9 Å². The number of carbonyl (C=O) groups excluding carboxylic acids is 1. The second-order valence-corrected chi connectivity index (χ2v) is 12.1. The number of hydrogen-bond acceptors (Lipinski definition) is 7. The van der Waals surface area contributed by atoms with E-state index < -0.39 is 0 Å². The summed E-state index contributed by atoms with van der Waals surface area (Å²) in [5, 5.41) is 3.66. The standard InChI is InChI=1S/C32H44N6O2/c1-4-14-37(15-10-23-7-6-8-23)29-9-13-33-32-26(29)21-40-31-22(3)34-27(18-28(31)35-32)24-11-16-36(17-12-24)25-19-38(20-25)30(39)5-2/h5,9,13,18,23-25H,2,4,6-8,10-12,14-17,19-21H2,1,3H3,(H,33,35). The Morgan fingerprint density at radius 3 is 2.73 bits per heavy atom. The molecule has 8 nitrogen and oxygen atoms in total. The Hall–Kier alpha value is -3.13. The summed E-state index contributed by atoms with van der Waals surface area (Å²) in [4.78, 5) is 28.6. The van der Waals surface area contributed by atoms with E-state index in [0.29, 0.717) is 18.6 Å². The SMILES string of the molecule is C=CC(=O)N1CC(N2CCC(c3cc4c(c(C)n3)OCc3c(N(CCC)CCC5CCC5)ccnc3N4)CC2)C1. The van der Waals surface area contributed by atoms with Crippen molar-refractivity contribution in [3.63, 3.8) is 0 Å². The largest absolute Gasteiger partial charge is 0.485 e. The maximum absolute atomic E-state index is 11.8. The highest BCUT2D eigenvalue weighted by Gasteiger charge is 2.36. The number of likely N-dealkylation sites (tertiary alicyclic amines) is 2. The lowest BCUT2D eigenvalue weighted by atomic mass is 9.83. The number of hydrogen-bond donors (Lipinski definition) is 1. The molecule has 2 aromatic heterocycles. The number of pyridine rings is 2. The fourth-order valence-corrected chi connectivity index (χ4v) is 6.77. The Morgan fingerprint density at radius 1 is 1.23 bits per heavy atom. The van der Waals surface area contributed by atoms with Gasteiger partial charge < -0.3 is 19.9 Å². The van der Waals surface area contributed by atoms with Crippen LogP contribution in [0.2, 0.25) is 0 Å². The van der Waals surface area contributed by atoms with Crippen molar-refractivity contribution in [1.29, 1.82) is 0 Å². The van der Waals surface area contributed by atoms with Gasteiger partial charge in [-0.2, -0.15) is 0 Å². The molecule has 2 saturated heterocycles. The number of carbonyl (C=O) groups is 1. The van der Waals surface area contributed by atoms with Crippen LogP contribution in [-0.2, 0) is 11.4 Å². The number of piperidine rings is 1. The predicted molar refractivity (Wildman–Crippen MR) is 159 cm³/mol. The number of nitrogens with one attached hydrogen (secondary N) is 1. The first-order valence-electron chi connectivity index (χ1n) is 15.3. The number of anilines is 3. The molecule has 1 aliphatic carbocycles. The number of aromatic nitrogens is 2. The molecule has 2 aromatic rings. The molecule has 3 aliphatic heterocycles. The average molecular weight is 545 g/mol. The number of rotatable bonds is 9. The van der Waals surface area contributed by atoms with Crippen molar-refractivity contribution >= 4 is 23.1 Å².